The molecule has 0 aliphatic carbocycles. The second-order valence-electron chi connectivity index (χ2n) is 3.94. The lowest BCUT2D eigenvalue weighted by Crippen LogP contribution is -2.06. The standard InChI is InChI=1S/C10H14N2O4S2/c1-8(13)11-9-4-6-10(7-5-9)18(15,16)12-17(2,3)14/h4-7H,1-3H3,(H,11,13). The van der Waals surface area contributed by atoms with Crippen molar-refractivity contribution >= 4 is 31.3 Å². The van der Waals surface area contributed by atoms with Crippen molar-refractivity contribution in [3.8, 4) is 0 Å². The minimum absolute atomic E-state index is 0.0620. The topological polar surface area (TPSA) is 92.7 Å². The maximum Gasteiger partial charge on any atom is 0.290 e. The van der Waals surface area contributed by atoms with Crippen molar-refractivity contribution in [1.82, 2.24) is 0 Å². The first-order valence-corrected chi connectivity index (χ1v) is 8.68. The summed E-state index contributed by atoms with van der Waals surface area (Å²) in [6.07, 6.45) is 2.49. The van der Waals surface area contributed by atoms with Crippen molar-refractivity contribution in [1.29, 1.82) is 0 Å². The summed E-state index contributed by atoms with van der Waals surface area (Å²) in [6.45, 7) is 1.35. The average Bonchev–Trinajstić information content (AvgIpc) is 2.13. The number of hydrogen-bond donors (Lipinski definition) is 1. The summed E-state index contributed by atoms with van der Waals surface area (Å²) in [5, 5.41) is 2.51. The van der Waals surface area contributed by atoms with Gasteiger partial charge in [-0.15, -0.1) is 3.77 Å². The van der Waals surface area contributed by atoms with Crippen molar-refractivity contribution < 1.29 is 17.4 Å². The number of benzene rings is 1. The molecule has 0 spiro atoms. The van der Waals surface area contributed by atoms with Gasteiger partial charge in [-0.2, -0.15) is 8.42 Å². The van der Waals surface area contributed by atoms with Crippen LogP contribution in [0.15, 0.2) is 32.9 Å². The van der Waals surface area contributed by atoms with Gasteiger partial charge in [-0.05, 0) is 24.3 Å². The summed E-state index contributed by atoms with van der Waals surface area (Å²) in [4.78, 5) is 10.7. The van der Waals surface area contributed by atoms with Crippen molar-refractivity contribution in [2.45, 2.75) is 11.8 Å². The van der Waals surface area contributed by atoms with Crippen LogP contribution < -0.4 is 5.32 Å². The van der Waals surface area contributed by atoms with Gasteiger partial charge in [-0.3, -0.25) is 4.79 Å². The molecule has 1 N–H and O–H groups in total. The molecule has 0 bridgehead atoms. The Morgan fingerprint density at radius 2 is 1.61 bits per heavy atom. The molecule has 18 heavy (non-hydrogen) atoms. The molecule has 8 heteroatoms. The number of carbonyl (C=O) groups is 1. The molecule has 0 saturated carbocycles. The zero-order chi connectivity index (χ0) is 14.0. The van der Waals surface area contributed by atoms with E-state index in [1.807, 2.05) is 0 Å². The highest BCUT2D eigenvalue weighted by atomic mass is 32.3. The Bertz CT molecular complexity index is 660. The number of amides is 1. The highest BCUT2D eigenvalue weighted by Gasteiger charge is 2.14. The van der Waals surface area contributed by atoms with Crippen LogP contribution in [0, 0.1) is 0 Å². The summed E-state index contributed by atoms with van der Waals surface area (Å²) in [6, 6.07) is 5.48. The molecule has 0 fully saturated rings. The van der Waals surface area contributed by atoms with E-state index in [2.05, 4.69) is 9.08 Å². The van der Waals surface area contributed by atoms with Gasteiger partial charge in [0.15, 0.2) is 0 Å². The van der Waals surface area contributed by atoms with Crippen molar-refractivity contribution in [3.05, 3.63) is 24.3 Å². The highest BCUT2D eigenvalue weighted by molar-refractivity contribution is 8.02. The molecular formula is C10H14N2O4S2. The first kappa shape index (κ1) is 14.7. The van der Waals surface area contributed by atoms with Crippen molar-refractivity contribution in [3.63, 3.8) is 0 Å². The lowest BCUT2D eigenvalue weighted by atomic mass is 10.3. The molecule has 1 amide bonds. The van der Waals surface area contributed by atoms with E-state index >= 15 is 0 Å². The fourth-order valence-electron chi connectivity index (χ4n) is 1.19. The van der Waals surface area contributed by atoms with E-state index in [1.54, 1.807) is 0 Å². The van der Waals surface area contributed by atoms with Gasteiger partial charge >= 0.3 is 0 Å². The molecule has 0 saturated heterocycles. The maximum absolute atomic E-state index is 11.7. The van der Waals surface area contributed by atoms with Crippen molar-refractivity contribution in [2.75, 3.05) is 17.8 Å². The third-order valence-electron chi connectivity index (χ3n) is 1.75. The second-order valence-corrected chi connectivity index (χ2v) is 8.32. The third kappa shape index (κ3) is 4.46. The quantitative estimate of drug-likeness (QED) is 0.901. The molecule has 0 aliphatic heterocycles. The summed E-state index contributed by atoms with van der Waals surface area (Å²) >= 11 is 0. The predicted molar refractivity (Wildman–Crippen MR) is 70.3 cm³/mol. The van der Waals surface area contributed by atoms with Gasteiger partial charge in [0.1, 0.15) is 0 Å². The number of anilines is 1. The Morgan fingerprint density at radius 3 is 2.00 bits per heavy atom. The van der Waals surface area contributed by atoms with E-state index in [-0.39, 0.29) is 10.8 Å². The molecule has 1 aromatic carbocycles. The number of rotatable bonds is 3. The molecule has 0 aliphatic rings. The fourth-order valence-corrected chi connectivity index (χ4v) is 3.91. The smallest absolute Gasteiger partial charge is 0.290 e. The van der Waals surface area contributed by atoms with Crippen LogP contribution in [0.4, 0.5) is 5.69 Å². The van der Waals surface area contributed by atoms with Gasteiger partial charge in [0, 0.05) is 25.1 Å². The first-order chi connectivity index (χ1) is 8.10. The maximum atomic E-state index is 11.7. The minimum atomic E-state index is -3.93. The first-order valence-electron chi connectivity index (χ1n) is 4.91. The Balaban J connectivity index is 3.14. The zero-order valence-corrected chi connectivity index (χ0v) is 11.8. The lowest BCUT2D eigenvalue weighted by Gasteiger charge is -2.03. The zero-order valence-electron chi connectivity index (χ0n) is 10.2. The Hall–Kier alpha value is -1.41. The molecule has 0 unspecified atom stereocenters. The Labute approximate surface area is 107 Å². The Morgan fingerprint density at radius 1 is 1.11 bits per heavy atom. The molecule has 0 atom stereocenters. The summed E-state index contributed by atoms with van der Waals surface area (Å²) < 4.78 is 38.2. The van der Waals surface area contributed by atoms with Gasteiger partial charge in [0.05, 0.1) is 14.6 Å². The number of hydrogen-bond acceptors (Lipinski definition) is 4. The SMILES string of the molecule is CC(=O)Nc1ccc(S(=O)(=O)N=S(C)(C)=O)cc1. The summed E-state index contributed by atoms with van der Waals surface area (Å²) in [5.41, 5.74) is 0.482. The molecule has 100 valence electrons. The number of carbonyl (C=O) groups excluding carboxylic acids is 1. The number of sulfonamides is 1. The van der Waals surface area contributed by atoms with Crippen LogP contribution >= 0.6 is 0 Å². The molecule has 1 aromatic rings. The van der Waals surface area contributed by atoms with Gasteiger partial charge in [0.25, 0.3) is 10.0 Å². The molecule has 6 nitrogen and oxygen atoms in total. The summed E-state index contributed by atoms with van der Waals surface area (Å²) in [7, 11) is -6.67. The van der Waals surface area contributed by atoms with E-state index in [4.69, 9.17) is 0 Å². The third-order valence-corrected chi connectivity index (χ3v) is 4.84. The molecular weight excluding hydrogens is 276 g/mol. The average molecular weight is 290 g/mol. The second kappa shape index (κ2) is 5.07. The molecule has 0 heterocycles. The van der Waals surface area contributed by atoms with E-state index in [0.29, 0.717) is 5.69 Å². The van der Waals surface area contributed by atoms with E-state index in [0.717, 1.165) is 0 Å². The van der Waals surface area contributed by atoms with E-state index in [1.165, 1.54) is 43.7 Å². The van der Waals surface area contributed by atoms with Crippen LogP contribution in [0.25, 0.3) is 0 Å². The number of nitrogens with one attached hydrogen (secondary N) is 1. The largest absolute Gasteiger partial charge is 0.326 e. The lowest BCUT2D eigenvalue weighted by molar-refractivity contribution is -0.114. The van der Waals surface area contributed by atoms with Gasteiger partial charge in [-0.1, -0.05) is 0 Å². The van der Waals surface area contributed by atoms with Crippen LogP contribution in [0.2, 0.25) is 0 Å². The molecule has 0 radical (unpaired) electrons. The van der Waals surface area contributed by atoms with Gasteiger partial charge in [0.2, 0.25) is 5.91 Å². The molecule has 1 rings (SSSR count). The van der Waals surface area contributed by atoms with Crippen LogP contribution in [0.5, 0.6) is 0 Å². The van der Waals surface area contributed by atoms with Crippen LogP contribution in [-0.2, 0) is 24.5 Å². The molecule has 0 aromatic heterocycles. The van der Waals surface area contributed by atoms with E-state index < -0.39 is 19.8 Å². The minimum Gasteiger partial charge on any atom is -0.326 e. The predicted octanol–water partition coefficient (Wildman–Crippen LogP) is 1.06. The highest BCUT2D eigenvalue weighted by Crippen LogP contribution is 2.17. The van der Waals surface area contributed by atoms with Crippen LogP contribution in [-0.4, -0.2) is 31.0 Å². The van der Waals surface area contributed by atoms with Crippen LogP contribution in [0.1, 0.15) is 6.92 Å². The number of nitrogens with zero attached hydrogens (tertiary/aromatic N) is 1. The van der Waals surface area contributed by atoms with E-state index in [9.17, 15) is 17.4 Å². The normalized spacial score (nSPS) is 11.9. The van der Waals surface area contributed by atoms with Gasteiger partial charge in [-0.25, -0.2) is 4.21 Å². The Kier molecular flexibility index (Phi) is 4.12. The van der Waals surface area contributed by atoms with Gasteiger partial charge < -0.3 is 5.32 Å². The van der Waals surface area contributed by atoms with Crippen LogP contribution in [0.3, 0.4) is 0 Å². The monoisotopic (exact) mass is 290 g/mol. The summed E-state index contributed by atoms with van der Waals surface area (Å²) in [5.74, 6) is -0.250. The van der Waals surface area contributed by atoms with Crippen molar-refractivity contribution in [2.24, 2.45) is 3.77 Å². The fraction of sp³-hybridized carbons (Fsp3) is 0.300.